The van der Waals surface area contributed by atoms with E-state index in [-0.39, 0.29) is 11.4 Å². The summed E-state index contributed by atoms with van der Waals surface area (Å²) >= 11 is 0. The Morgan fingerprint density at radius 3 is 2.59 bits per heavy atom. The Labute approximate surface area is 132 Å². The molecule has 22 heavy (non-hydrogen) atoms. The largest absolute Gasteiger partial charge is 0.492 e. The van der Waals surface area contributed by atoms with Crippen LogP contribution < -0.4 is 9.46 Å². The van der Waals surface area contributed by atoms with Crippen molar-refractivity contribution in [3.05, 3.63) is 59.7 Å². The summed E-state index contributed by atoms with van der Waals surface area (Å²) in [5.74, 6) is 0.805. The van der Waals surface area contributed by atoms with Crippen LogP contribution in [0.1, 0.15) is 18.1 Å². The van der Waals surface area contributed by atoms with Gasteiger partial charge >= 0.3 is 0 Å². The van der Waals surface area contributed by atoms with Gasteiger partial charge in [0.1, 0.15) is 12.4 Å². The van der Waals surface area contributed by atoms with E-state index in [0.29, 0.717) is 6.61 Å². The van der Waals surface area contributed by atoms with Crippen molar-refractivity contribution in [3.63, 3.8) is 0 Å². The average Bonchev–Trinajstić information content (AvgIpc) is 2.52. The fourth-order valence-corrected chi connectivity index (χ4v) is 3.26. The van der Waals surface area contributed by atoms with Crippen molar-refractivity contribution in [1.29, 1.82) is 0 Å². The van der Waals surface area contributed by atoms with E-state index in [9.17, 15) is 8.42 Å². The lowest BCUT2D eigenvalue weighted by atomic mass is 10.1. The molecule has 0 aliphatic heterocycles. The fraction of sp³-hybridized carbons (Fsp3) is 0.294. The van der Waals surface area contributed by atoms with Crippen LogP contribution in [0.3, 0.4) is 0 Å². The van der Waals surface area contributed by atoms with E-state index in [2.05, 4.69) is 11.6 Å². The topological polar surface area (TPSA) is 55.4 Å². The van der Waals surface area contributed by atoms with Gasteiger partial charge in [-0.1, -0.05) is 37.3 Å². The molecule has 2 rings (SSSR count). The quantitative estimate of drug-likeness (QED) is 0.798. The van der Waals surface area contributed by atoms with Crippen LogP contribution in [0.5, 0.6) is 5.75 Å². The molecule has 4 nitrogen and oxygen atoms in total. The highest BCUT2D eigenvalue weighted by molar-refractivity contribution is 7.89. The van der Waals surface area contributed by atoms with E-state index in [1.165, 1.54) is 0 Å². The minimum Gasteiger partial charge on any atom is -0.492 e. The van der Waals surface area contributed by atoms with Gasteiger partial charge in [0.05, 0.1) is 4.90 Å². The molecule has 0 amide bonds. The van der Waals surface area contributed by atoms with Crippen LogP contribution in [0.2, 0.25) is 0 Å². The van der Waals surface area contributed by atoms with Crippen molar-refractivity contribution in [1.82, 2.24) is 4.72 Å². The number of ether oxygens (including phenoxy) is 1. The van der Waals surface area contributed by atoms with Crippen molar-refractivity contribution >= 4 is 10.0 Å². The molecule has 0 saturated heterocycles. The van der Waals surface area contributed by atoms with E-state index < -0.39 is 10.0 Å². The number of para-hydroxylation sites is 1. The van der Waals surface area contributed by atoms with Gasteiger partial charge in [0, 0.05) is 6.54 Å². The molecular formula is C17H21NO3S. The third-order valence-corrected chi connectivity index (χ3v) is 4.76. The maximum absolute atomic E-state index is 12.2. The minimum atomic E-state index is -3.48. The summed E-state index contributed by atoms with van der Waals surface area (Å²) in [5.41, 5.74) is 2.03. The molecule has 0 bridgehead atoms. The molecule has 0 atom stereocenters. The van der Waals surface area contributed by atoms with E-state index in [4.69, 9.17) is 4.74 Å². The zero-order chi connectivity index (χ0) is 16.0. The molecule has 0 radical (unpaired) electrons. The second kappa shape index (κ2) is 7.42. The van der Waals surface area contributed by atoms with Gasteiger partial charge in [-0.3, -0.25) is 0 Å². The van der Waals surface area contributed by atoms with Crippen LogP contribution in [-0.2, 0) is 16.4 Å². The zero-order valence-corrected chi connectivity index (χ0v) is 13.7. The molecule has 118 valence electrons. The first-order valence-electron chi connectivity index (χ1n) is 7.30. The van der Waals surface area contributed by atoms with Crippen LogP contribution >= 0.6 is 0 Å². The Morgan fingerprint density at radius 1 is 1.09 bits per heavy atom. The summed E-state index contributed by atoms with van der Waals surface area (Å²) in [6, 6.07) is 14.6. The number of benzene rings is 2. The average molecular weight is 319 g/mol. The van der Waals surface area contributed by atoms with Crippen LogP contribution in [0.4, 0.5) is 0 Å². The highest BCUT2D eigenvalue weighted by Crippen LogP contribution is 2.18. The standard InChI is InChI=1S/C17H21NO3S/c1-3-15-8-4-5-10-17(15)21-12-11-18-22(19,20)16-9-6-7-14(2)13-16/h4-10,13,18H,3,11-12H2,1-2H3. The number of hydrogen-bond donors (Lipinski definition) is 1. The number of aryl methyl sites for hydroxylation is 2. The highest BCUT2D eigenvalue weighted by atomic mass is 32.2. The molecule has 0 aliphatic rings. The Morgan fingerprint density at radius 2 is 1.86 bits per heavy atom. The third-order valence-electron chi connectivity index (χ3n) is 3.31. The van der Waals surface area contributed by atoms with Crippen molar-refractivity contribution in [3.8, 4) is 5.75 Å². The van der Waals surface area contributed by atoms with Crippen LogP contribution in [0.15, 0.2) is 53.4 Å². The van der Waals surface area contributed by atoms with Crippen molar-refractivity contribution in [2.45, 2.75) is 25.2 Å². The molecule has 0 spiro atoms. The predicted molar refractivity (Wildman–Crippen MR) is 87.7 cm³/mol. The monoisotopic (exact) mass is 319 g/mol. The Kier molecular flexibility index (Phi) is 5.57. The molecule has 0 aliphatic carbocycles. The summed E-state index contributed by atoms with van der Waals surface area (Å²) in [5, 5.41) is 0. The first-order valence-corrected chi connectivity index (χ1v) is 8.78. The molecule has 5 heteroatoms. The molecule has 2 aromatic carbocycles. The molecule has 0 saturated carbocycles. The van der Waals surface area contributed by atoms with Gasteiger partial charge < -0.3 is 4.74 Å². The van der Waals surface area contributed by atoms with Gasteiger partial charge in [0.15, 0.2) is 0 Å². The number of hydrogen-bond acceptors (Lipinski definition) is 3. The van der Waals surface area contributed by atoms with Gasteiger partial charge in [0.2, 0.25) is 10.0 Å². The first kappa shape index (κ1) is 16.5. The van der Waals surface area contributed by atoms with Gasteiger partial charge in [0.25, 0.3) is 0 Å². The maximum Gasteiger partial charge on any atom is 0.240 e. The third kappa shape index (κ3) is 4.32. The minimum absolute atomic E-state index is 0.230. The molecular weight excluding hydrogens is 298 g/mol. The van der Waals surface area contributed by atoms with Crippen LogP contribution in [-0.4, -0.2) is 21.6 Å². The summed E-state index contributed by atoms with van der Waals surface area (Å²) in [6.07, 6.45) is 0.880. The van der Waals surface area contributed by atoms with Gasteiger partial charge in [-0.05, 0) is 42.7 Å². The summed E-state index contributed by atoms with van der Waals surface area (Å²) in [6.45, 7) is 4.45. The molecule has 1 N–H and O–H groups in total. The first-order chi connectivity index (χ1) is 10.5. The lowest BCUT2D eigenvalue weighted by molar-refractivity contribution is 0.320. The van der Waals surface area contributed by atoms with Crippen molar-refractivity contribution in [2.75, 3.05) is 13.2 Å². The van der Waals surface area contributed by atoms with E-state index in [1.807, 2.05) is 37.3 Å². The van der Waals surface area contributed by atoms with E-state index >= 15 is 0 Å². The Balaban J connectivity index is 1.91. The zero-order valence-electron chi connectivity index (χ0n) is 12.9. The smallest absolute Gasteiger partial charge is 0.240 e. The molecule has 0 fully saturated rings. The molecule has 0 aromatic heterocycles. The van der Waals surface area contributed by atoms with Gasteiger partial charge in [-0.2, -0.15) is 0 Å². The van der Waals surface area contributed by atoms with Crippen LogP contribution in [0, 0.1) is 6.92 Å². The van der Waals surface area contributed by atoms with Gasteiger partial charge in [-0.25, -0.2) is 13.1 Å². The number of sulfonamides is 1. The second-order valence-electron chi connectivity index (χ2n) is 5.02. The SMILES string of the molecule is CCc1ccccc1OCCNS(=O)(=O)c1cccc(C)c1. The lowest BCUT2D eigenvalue weighted by Crippen LogP contribution is -2.28. The van der Waals surface area contributed by atoms with Crippen molar-refractivity contribution < 1.29 is 13.2 Å². The van der Waals surface area contributed by atoms with E-state index in [0.717, 1.165) is 23.3 Å². The normalized spacial score (nSPS) is 11.4. The highest BCUT2D eigenvalue weighted by Gasteiger charge is 2.13. The number of rotatable bonds is 7. The van der Waals surface area contributed by atoms with Crippen LogP contribution in [0.25, 0.3) is 0 Å². The molecule has 0 heterocycles. The summed E-state index contributed by atoms with van der Waals surface area (Å²) in [7, 11) is -3.48. The second-order valence-corrected chi connectivity index (χ2v) is 6.79. The maximum atomic E-state index is 12.2. The summed E-state index contributed by atoms with van der Waals surface area (Å²) < 4.78 is 32.5. The van der Waals surface area contributed by atoms with Gasteiger partial charge in [-0.15, -0.1) is 0 Å². The van der Waals surface area contributed by atoms with Crippen molar-refractivity contribution in [2.24, 2.45) is 0 Å². The molecule has 2 aromatic rings. The lowest BCUT2D eigenvalue weighted by Gasteiger charge is -2.11. The van der Waals surface area contributed by atoms with E-state index in [1.54, 1.807) is 18.2 Å². The summed E-state index contributed by atoms with van der Waals surface area (Å²) in [4.78, 5) is 0.279. The number of nitrogens with one attached hydrogen (secondary N) is 1. The fourth-order valence-electron chi connectivity index (χ4n) is 2.14. The Bertz CT molecular complexity index is 726. The predicted octanol–water partition coefficient (Wildman–Crippen LogP) is 2.91. The Hall–Kier alpha value is -1.85. The molecule has 0 unspecified atom stereocenters.